The SMILES string of the molecule is CC(=O)[O-].CC(=O)[O-].Cc1ccccc1.[Zn+2]. The third kappa shape index (κ3) is 38.6. The van der Waals surface area contributed by atoms with E-state index in [0.717, 1.165) is 13.8 Å². The molecule has 0 aromatic heterocycles. The molecule has 0 aliphatic carbocycles. The first-order chi connectivity index (χ1) is 6.86. The van der Waals surface area contributed by atoms with Crippen molar-refractivity contribution in [2.45, 2.75) is 20.8 Å². The third-order valence-electron chi connectivity index (χ3n) is 0.940. The molecule has 0 unspecified atom stereocenters. The fourth-order valence-electron chi connectivity index (χ4n) is 0.534. The van der Waals surface area contributed by atoms with Crippen LogP contribution in [0.1, 0.15) is 19.4 Å². The molecule has 0 N–H and O–H groups in total. The second-order valence-corrected chi connectivity index (χ2v) is 2.64. The molecule has 1 aromatic carbocycles. The zero-order chi connectivity index (χ0) is 12.3. The molecule has 0 radical (unpaired) electrons. The monoisotopic (exact) mass is 274 g/mol. The van der Waals surface area contributed by atoms with Crippen LogP contribution in [0.5, 0.6) is 0 Å². The Morgan fingerprint density at radius 3 is 1.31 bits per heavy atom. The van der Waals surface area contributed by atoms with E-state index in [1.807, 2.05) is 18.2 Å². The fraction of sp³-hybridized carbons (Fsp3) is 0.273. The number of carbonyl (C=O) groups is 2. The molecule has 4 nitrogen and oxygen atoms in total. The molecule has 0 saturated heterocycles. The maximum Gasteiger partial charge on any atom is 2.00 e. The molecule has 0 saturated carbocycles. The van der Waals surface area contributed by atoms with Gasteiger partial charge in [-0.1, -0.05) is 35.9 Å². The summed E-state index contributed by atoms with van der Waals surface area (Å²) in [5.41, 5.74) is 1.32. The van der Waals surface area contributed by atoms with Crippen molar-refractivity contribution in [2.75, 3.05) is 0 Å². The standard InChI is InChI=1S/C7H8.2C2H4O2.Zn/c1-7-5-3-2-4-6-7;2*1-2(3)4;/h2-6H,1H3;2*1H3,(H,3,4);/q;;;+2/p-2. The topological polar surface area (TPSA) is 80.3 Å². The molecule has 1 aromatic rings. The van der Waals surface area contributed by atoms with Gasteiger partial charge in [0.1, 0.15) is 0 Å². The van der Waals surface area contributed by atoms with Crippen LogP contribution < -0.4 is 10.2 Å². The minimum Gasteiger partial charge on any atom is -0.550 e. The van der Waals surface area contributed by atoms with Gasteiger partial charge >= 0.3 is 19.5 Å². The first kappa shape index (κ1) is 20.2. The van der Waals surface area contributed by atoms with Gasteiger partial charge in [0.25, 0.3) is 0 Å². The van der Waals surface area contributed by atoms with Crippen molar-refractivity contribution in [2.24, 2.45) is 0 Å². The van der Waals surface area contributed by atoms with E-state index in [4.69, 9.17) is 19.8 Å². The Balaban J connectivity index is -0.000000166. The molecular weight excluding hydrogens is 262 g/mol. The summed E-state index contributed by atoms with van der Waals surface area (Å²) in [5.74, 6) is -2.17. The van der Waals surface area contributed by atoms with Crippen molar-refractivity contribution in [1.29, 1.82) is 0 Å². The second kappa shape index (κ2) is 13.8. The molecule has 16 heavy (non-hydrogen) atoms. The van der Waals surface area contributed by atoms with Crippen LogP contribution in [0.15, 0.2) is 30.3 Å². The summed E-state index contributed by atoms with van der Waals surface area (Å²) in [6.07, 6.45) is 0. The predicted molar refractivity (Wildman–Crippen MR) is 52.5 cm³/mol. The molecule has 0 aliphatic rings. The minimum absolute atomic E-state index is 0. The van der Waals surface area contributed by atoms with Crippen LogP contribution in [0.4, 0.5) is 0 Å². The molecule has 84 valence electrons. The van der Waals surface area contributed by atoms with Crippen molar-refractivity contribution in [3.8, 4) is 0 Å². The number of aliphatic carboxylic acids is 2. The van der Waals surface area contributed by atoms with E-state index >= 15 is 0 Å². The first-order valence-corrected chi connectivity index (χ1v) is 4.23. The number of benzene rings is 1. The van der Waals surface area contributed by atoms with E-state index < -0.39 is 11.9 Å². The predicted octanol–water partition coefficient (Wildman–Crippen LogP) is -0.495. The summed E-state index contributed by atoms with van der Waals surface area (Å²) in [6.45, 7) is 4.03. The van der Waals surface area contributed by atoms with Crippen LogP contribution in [-0.2, 0) is 29.1 Å². The maximum atomic E-state index is 8.89. The quantitative estimate of drug-likeness (QED) is 0.598. The zero-order valence-electron chi connectivity index (χ0n) is 9.73. The number of rotatable bonds is 0. The molecule has 0 fully saturated rings. The van der Waals surface area contributed by atoms with Gasteiger partial charge in [-0.3, -0.25) is 0 Å². The van der Waals surface area contributed by atoms with Gasteiger partial charge in [-0.05, 0) is 20.8 Å². The molecular formula is C11H14O4Zn. The Labute approximate surface area is 108 Å². The van der Waals surface area contributed by atoms with Gasteiger partial charge in [-0.15, -0.1) is 0 Å². The average molecular weight is 276 g/mol. The van der Waals surface area contributed by atoms with Gasteiger partial charge < -0.3 is 19.8 Å². The zero-order valence-corrected chi connectivity index (χ0v) is 12.7. The number of hydrogen-bond donors (Lipinski definition) is 0. The Morgan fingerprint density at radius 1 is 0.938 bits per heavy atom. The largest absolute Gasteiger partial charge is 2.00 e. The van der Waals surface area contributed by atoms with Crippen molar-refractivity contribution >= 4 is 11.9 Å². The summed E-state index contributed by atoms with van der Waals surface area (Å²) in [7, 11) is 0. The van der Waals surface area contributed by atoms with E-state index in [-0.39, 0.29) is 19.5 Å². The molecule has 5 heteroatoms. The van der Waals surface area contributed by atoms with Gasteiger partial charge in [0.15, 0.2) is 0 Å². The van der Waals surface area contributed by atoms with Crippen molar-refractivity contribution in [3.05, 3.63) is 35.9 Å². The van der Waals surface area contributed by atoms with Crippen LogP contribution in [0, 0.1) is 6.92 Å². The Kier molecular flexibility index (Phi) is 17.4. The van der Waals surface area contributed by atoms with Gasteiger partial charge in [-0.25, -0.2) is 0 Å². The van der Waals surface area contributed by atoms with E-state index in [9.17, 15) is 0 Å². The third-order valence-corrected chi connectivity index (χ3v) is 0.940. The number of carboxylic acids is 2. The molecule has 0 amide bonds. The molecule has 0 bridgehead atoms. The summed E-state index contributed by atoms with van der Waals surface area (Å²) in [6, 6.07) is 10.3. The Hall–Kier alpha value is -1.22. The van der Waals surface area contributed by atoms with Gasteiger partial charge in [-0.2, -0.15) is 0 Å². The van der Waals surface area contributed by atoms with Crippen molar-refractivity contribution in [3.63, 3.8) is 0 Å². The summed E-state index contributed by atoms with van der Waals surface area (Å²) in [4.78, 5) is 17.8. The van der Waals surface area contributed by atoms with E-state index in [1.165, 1.54) is 5.56 Å². The molecule has 0 spiro atoms. The second-order valence-electron chi connectivity index (χ2n) is 2.64. The van der Waals surface area contributed by atoms with E-state index in [0.29, 0.717) is 0 Å². The van der Waals surface area contributed by atoms with Crippen LogP contribution >= 0.6 is 0 Å². The van der Waals surface area contributed by atoms with E-state index in [1.54, 1.807) is 0 Å². The Bertz CT molecular complexity index is 265. The van der Waals surface area contributed by atoms with Crippen LogP contribution in [-0.4, -0.2) is 11.9 Å². The van der Waals surface area contributed by atoms with Crippen LogP contribution in [0.2, 0.25) is 0 Å². The number of carboxylic acid groups (broad SMARTS) is 2. The average Bonchev–Trinajstić information content (AvgIpc) is 2.03. The summed E-state index contributed by atoms with van der Waals surface area (Å²) in [5, 5.41) is 17.8. The minimum atomic E-state index is -1.08. The smallest absolute Gasteiger partial charge is 0.550 e. The normalized spacial score (nSPS) is 6.94. The van der Waals surface area contributed by atoms with Gasteiger partial charge in [0.2, 0.25) is 0 Å². The van der Waals surface area contributed by atoms with Crippen LogP contribution in [0.25, 0.3) is 0 Å². The number of aryl methyl sites for hydroxylation is 1. The molecule has 0 atom stereocenters. The number of hydrogen-bond acceptors (Lipinski definition) is 4. The molecule has 0 aliphatic heterocycles. The number of carbonyl (C=O) groups excluding carboxylic acids is 2. The van der Waals surface area contributed by atoms with Crippen LogP contribution in [0.3, 0.4) is 0 Å². The van der Waals surface area contributed by atoms with E-state index in [2.05, 4.69) is 19.1 Å². The maximum absolute atomic E-state index is 8.89. The first-order valence-electron chi connectivity index (χ1n) is 4.23. The van der Waals surface area contributed by atoms with Gasteiger partial charge in [0.05, 0.1) is 0 Å². The summed E-state index contributed by atoms with van der Waals surface area (Å²) < 4.78 is 0. The van der Waals surface area contributed by atoms with Crippen molar-refractivity contribution in [1.82, 2.24) is 0 Å². The van der Waals surface area contributed by atoms with Gasteiger partial charge in [0, 0.05) is 11.9 Å². The molecule has 0 heterocycles. The Morgan fingerprint density at radius 2 is 1.19 bits per heavy atom. The van der Waals surface area contributed by atoms with Crippen molar-refractivity contribution < 1.29 is 39.3 Å². The molecule has 1 rings (SSSR count). The summed E-state index contributed by atoms with van der Waals surface area (Å²) >= 11 is 0. The fourth-order valence-corrected chi connectivity index (χ4v) is 0.534.